The highest BCUT2D eigenvalue weighted by Crippen LogP contribution is 2.33. The van der Waals surface area contributed by atoms with Crippen LogP contribution in [-0.4, -0.2) is 23.2 Å². The third kappa shape index (κ3) is 4.21. The van der Waals surface area contributed by atoms with Crippen LogP contribution in [0.5, 0.6) is 0 Å². The molecule has 1 aliphatic rings. The van der Waals surface area contributed by atoms with E-state index in [4.69, 9.17) is 11.6 Å². The molecule has 1 fully saturated rings. The summed E-state index contributed by atoms with van der Waals surface area (Å²) in [5.41, 5.74) is 0.709. The van der Waals surface area contributed by atoms with Crippen LogP contribution in [0.15, 0.2) is 18.2 Å². The molecule has 0 unspecified atom stereocenters. The lowest BCUT2D eigenvalue weighted by molar-refractivity contribution is -0.00787. The molecule has 0 saturated heterocycles. The fourth-order valence-corrected chi connectivity index (χ4v) is 3.15. The standard InChI is InChI=1S/C17H24ClNO2/c1-3-13-6-8-17(21,9-7-13)11-19-16(20)15-10-14(18)5-4-12(15)2/h4-5,10,13,21H,3,6-9,11H2,1-2H3,(H,19,20). The number of benzene rings is 1. The Hall–Kier alpha value is -1.06. The first-order valence-corrected chi connectivity index (χ1v) is 8.08. The van der Waals surface area contributed by atoms with Crippen LogP contribution in [0.2, 0.25) is 5.02 Å². The van der Waals surface area contributed by atoms with Crippen molar-refractivity contribution in [3.8, 4) is 0 Å². The van der Waals surface area contributed by atoms with E-state index in [0.29, 0.717) is 17.1 Å². The number of carbonyl (C=O) groups is 1. The third-order valence-corrected chi connectivity index (χ3v) is 4.87. The highest BCUT2D eigenvalue weighted by Gasteiger charge is 2.33. The molecule has 1 amide bonds. The molecule has 1 saturated carbocycles. The average Bonchev–Trinajstić information content (AvgIpc) is 2.48. The maximum absolute atomic E-state index is 12.2. The first-order chi connectivity index (χ1) is 9.93. The molecule has 21 heavy (non-hydrogen) atoms. The minimum absolute atomic E-state index is 0.166. The zero-order valence-electron chi connectivity index (χ0n) is 12.8. The van der Waals surface area contributed by atoms with E-state index in [1.807, 2.05) is 13.0 Å². The van der Waals surface area contributed by atoms with E-state index in [2.05, 4.69) is 12.2 Å². The summed E-state index contributed by atoms with van der Waals surface area (Å²) in [6.07, 6.45) is 4.78. The molecular weight excluding hydrogens is 286 g/mol. The first kappa shape index (κ1) is 16.3. The smallest absolute Gasteiger partial charge is 0.251 e. The van der Waals surface area contributed by atoms with Crippen molar-refractivity contribution >= 4 is 17.5 Å². The van der Waals surface area contributed by atoms with Crippen LogP contribution >= 0.6 is 11.6 Å². The Morgan fingerprint density at radius 1 is 1.43 bits per heavy atom. The van der Waals surface area contributed by atoms with Gasteiger partial charge in [0.1, 0.15) is 0 Å². The predicted molar refractivity (Wildman–Crippen MR) is 85.7 cm³/mol. The maximum Gasteiger partial charge on any atom is 0.251 e. The highest BCUT2D eigenvalue weighted by molar-refractivity contribution is 6.31. The number of aryl methyl sites for hydroxylation is 1. The van der Waals surface area contributed by atoms with Crippen molar-refractivity contribution in [3.63, 3.8) is 0 Å². The number of hydrogen-bond acceptors (Lipinski definition) is 2. The molecule has 1 aromatic rings. The topological polar surface area (TPSA) is 49.3 Å². The molecule has 3 nitrogen and oxygen atoms in total. The van der Waals surface area contributed by atoms with Crippen LogP contribution in [0.4, 0.5) is 0 Å². The molecule has 1 aliphatic carbocycles. The van der Waals surface area contributed by atoms with Gasteiger partial charge in [0, 0.05) is 17.1 Å². The predicted octanol–water partition coefficient (Wildman–Crippen LogP) is 3.71. The van der Waals surface area contributed by atoms with E-state index in [1.165, 1.54) is 6.42 Å². The molecule has 0 heterocycles. The van der Waals surface area contributed by atoms with Gasteiger partial charge in [-0.25, -0.2) is 0 Å². The Morgan fingerprint density at radius 2 is 2.10 bits per heavy atom. The van der Waals surface area contributed by atoms with Gasteiger partial charge in [0.2, 0.25) is 0 Å². The quantitative estimate of drug-likeness (QED) is 0.890. The average molecular weight is 310 g/mol. The fourth-order valence-electron chi connectivity index (χ4n) is 2.98. The van der Waals surface area contributed by atoms with Crippen molar-refractivity contribution in [2.24, 2.45) is 5.92 Å². The Balaban J connectivity index is 1.93. The molecule has 0 aliphatic heterocycles. The van der Waals surface area contributed by atoms with Crippen molar-refractivity contribution < 1.29 is 9.90 Å². The van der Waals surface area contributed by atoms with Crippen LogP contribution in [0.25, 0.3) is 0 Å². The zero-order chi connectivity index (χ0) is 15.5. The molecule has 2 rings (SSSR count). The number of rotatable bonds is 4. The van der Waals surface area contributed by atoms with Crippen molar-refractivity contribution in [2.75, 3.05) is 6.54 Å². The van der Waals surface area contributed by atoms with Gasteiger partial charge >= 0.3 is 0 Å². The van der Waals surface area contributed by atoms with Gasteiger partial charge in [0.25, 0.3) is 5.91 Å². The van der Waals surface area contributed by atoms with Crippen molar-refractivity contribution in [1.82, 2.24) is 5.32 Å². The van der Waals surface area contributed by atoms with Crippen LogP contribution in [0.3, 0.4) is 0 Å². The summed E-state index contributed by atoms with van der Waals surface area (Å²) >= 11 is 5.94. The second-order valence-corrected chi connectivity index (χ2v) is 6.65. The van der Waals surface area contributed by atoms with E-state index in [-0.39, 0.29) is 5.91 Å². The summed E-state index contributed by atoms with van der Waals surface area (Å²) in [4.78, 5) is 12.2. The van der Waals surface area contributed by atoms with Gasteiger partial charge in [-0.2, -0.15) is 0 Å². The fraction of sp³-hybridized carbons (Fsp3) is 0.588. The van der Waals surface area contributed by atoms with Crippen LogP contribution in [0, 0.1) is 12.8 Å². The Bertz CT molecular complexity index is 508. The Morgan fingerprint density at radius 3 is 2.71 bits per heavy atom. The summed E-state index contributed by atoms with van der Waals surface area (Å²) in [5, 5.41) is 14.0. The molecule has 2 N–H and O–H groups in total. The van der Waals surface area contributed by atoms with E-state index in [9.17, 15) is 9.90 Å². The lowest BCUT2D eigenvalue weighted by Gasteiger charge is -2.35. The maximum atomic E-state index is 12.2. The van der Waals surface area contributed by atoms with Crippen molar-refractivity contribution in [3.05, 3.63) is 34.3 Å². The monoisotopic (exact) mass is 309 g/mol. The van der Waals surface area contributed by atoms with Gasteiger partial charge in [-0.3, -0.25) is 4.79 Å². The summed E-state index contributed by atoms with van der Waals surface area (Å²) in [6, 6.07) is 5.27. The lowest BCUT2D eigenvalue weighted by atomic mass is 9.78. The second-order valence-electron chi connectivity index (χ2n) is 6.22. The normalized spacial score (nSPS) is 25.6. The SMILES string of the molecule is CCC1CCC(O)(CNC(=O)c2cc(Cl)ccc2C)CC1. The van der Waals surface area contributed by atoms with Gasteiger partial charge in [-0.05, 0) is 56.2 Å². The molecule has 116 valence electrons. The number of aliphatic hydroxyl groups is 1. The second kappa shape index (κ2) is 6.80. The first-order valence-electron chi connectivity index (χ1n) is 7.70. The Labute approximate surface area is 131 Å². The van der Waals surface area contributed by atoms with Crippen molar-refractivity contribution in [2.45, 2.75) is 51.6 Å². The van der Waals surface area contributed by atoms with E-state index >= 15 is 0 Å². The number of carbonyl (C=O) groups excluding carboxylic acids is 1. The van der Waals surface area contributed by atoms with Crippen LogP contribution in [0.1, 0.15) is 54.9 Å². The van der Waals surface area contributed by atoms with E-state index < -0.39 is 5.60 Å². The van der Waals surface area contributed by atoms with E-state index in [1.54, 1.807) is 12.1 Å². The molecule has 0 bridgehead atoms. The van der Waals surface area contributed by atoms with E-state index in [0.717, 1.165) is 37.2 Å². The zero-order valence-corrected chi connectivity index (χ0v) is 13.5. The minimum atomic E-state index is -0.756. The van der Waals surface area contributed by atoms with Gasteiger partial charge in [0.15, 0.2) is 0 Å². The van der Waals surface area contributed by atoms with Crippen LogP contribution in [-0.2, 0) is 0 Å². The summed E-state index contributed by atoms with van der Waals surface area (Å²) < 4.78 is 0. The summed E-state index contributed by atoms with van der Waals surface area (Å²) in [7, 11) is 0. The molecular formula is C17H24ClNO2. The van der Waals surface area contributed by atoms with Gasteiger partial charge in [-0.1, -0.05) is 31.0 Å². The molecule has 0 atom stereocenters. The molecule has 0 aromatic heterocycles. The summed E-state index contributed by atoms with van der Waals surface area (Å²) in [5.74, 6) is 0.553. The third-order valence-electron chi connectivity index (χ3n) is 4.64. The van der Waals surface area contributed by atoms with Gasteiger partial charge < -0.3 is 10.4 Å². The summed E-state index contributed by atoms with van der Waals surface area (Å²) in [6.45, 7) is 4.39. The highest BCUT2D eigenvalue weighted by atomic mass is 35.5. The number of hydrogen-bond donors (Lipinski definition) is 2. The van der Waals surface area contributed by atoms with Crippen molar-refractivity contribution in [1.29, 1.82) is 0 Å². The van der Waals surface area contributed by atoms with Crippen LogP contribution < -0.4 is 5.32 Å². The molecule has 0 radical (unpaired) electrons. The molecule has 4 heteroatoms. The number of nitrogens with one attached hydrogen (secondary N) is 1. The number of amides is 1. The molecule has 1 aromatic carbocycles. The minimum Gasteiger partial charge on any atom is -0.388 e. The largest absolute Gasteiger partial charge is 0.388 e. The van der Waals surface area contributed by atoms with Gasteiger partial charge in [-0.15, -0.1) is 0 Å². The number of halogens is 1. The Kier molecular flexibility index (Phi) is 5.28. The molecule has 0 spiro atoms. The van der Waals surface area contributed by atoms with Gasteiger partial charge in [0.05, 0.1) is 5.60 Å². The lowest BCUT2D eigenvalue weighted by Crippen LogP contribution is -2.45.